The van der Waals surface area contributed by atoms with E-state index < -0.39 is 0 Å². The lowest BCUT2D eigenvalue weighted by Crippen LogP contribution is -2.27. The topological polar surface area (TPSA) is 66.4 Å². The lowest BCUT2D eigenvalue weighted by atomic mass is 10.1. The third-order valence-electron chi connectivity index (χ3n) is 6.85. The Balaban J connectivity index is 1.83. The van der Waals surface area contributed by atoms with Crippen LogP contribution in [0.5, 0.6) is 11.5 Å². The van der Waals surface area contributed by atoms with Crippen molar-refractivity contribution < 1.29 is 14.3 Å². The van der Waals surface area contributed by atoms with Crippen molar-refractivity contribution in [2.45, 2.75) is 47.5 Å². The number of likely N-dealkylation sites (N-methyl/N-ethyl adjacent to an activating group) is 1. The highest BCUT2D eigenvalue weighted by Crippen LogP contribution is 2.45. The molecule has 7 nitrogen and oxygen atoms in total. The number of nitrogens with zero attached hydrogens (tertiary/aromatic N) is 3. The molecule has 0 aromatic heterocycles. The molecule has 0 radical (unpaired) electrons. The normalized spacial score (nSPS) is 13.2. The molecule has 0 saturated carbocycles. The van der Waals surface area contributed by atoms with Crippen molar-refractivity contribution in [3.05, 3.63) is 45.4 Å². The van der Waals surface area contributed by atoms with Crippen molar-refractivity contribution in [1.82, 2.24) is 15.2 Å². The molecule has 2 aromatic carbocycles. The number of halogens is 2. The van der Waals surface area contributed by atoms with Gasteiger partial charge in [-0.25, -0.2) is 5.43 Å². The van der Waals surface area contributed by atoms with Gasteiger partial charge in [0.05, 0.1) is 22.4 Å². The number of unbranched alkanes of at least 4 members (excludes halogenated alkanes) is 1. The average molecular weight is 564 g/mol. The van der Waals surface area contributed by atoms with E-state index in [1.54, 1.807) is 0 Å². The van der Waals surface area contributed by atoms with Crippen LogP contribution in [0.4, 0.5) is 0 Å². The number of amides is 1. The monoisotopic (exact) mass is 562 g/mol. The Morgan fingerprint density at radius 2 is 1.26 bits per heavy atom. The number of rotatable bonds is 15. The van der Waals surface area contributed by atoms with Crippen molar-refractivity contribution in [1.29, 1.82) is 0 Å². The quantitative estimate of drug-likeness (QED) is 0.179. The van der Waals surface area contributed by atoms with Crippen molar-refractivity contribution in [2.75, 3.05) is 52.5 Å². The predicted octanol–water partition coefficient (Wildman–Crippen LogP) is 6.08. The predicted molar refractivity (Wildman–Crippen MR) is 157 cm³/mol. The van der Waals surface area contributed by atoms with E-state index in [1.165, 1.54) is 6.92 Å². The zero-order valence-electron chi connectivity index (χ0n) is 23.2. The van der Waals surface area contributed by atoms with Gasteiger partial charge in [0.2, 0.25) is 5.91 Å². The van der Waals surface area contributed by atoms with Gasteiger partial charge in [0.15, 0.2) is 0 Å². The second kappa shape index (κ2) is 14.7. The number of hydrazone groups is 1. The van der Waals surface area contributed by atoms with Crippen LogP contribution in [-0.2, 0) is 4.79 Å². The summed E-state index contributed by atoms with van der Waals surface area (Å²) >= 11 is 13.3. The Kier molecular flexibility index (Phi) is 11.7. The number of benzene rings is 2. The molecule has 208 valence electrons. The summed E-state index contributed by atoms with van der Waals surface area (Å²) in [6.45, 7) is 17.0. The second-order valence-electron chi connectivity index (χ2n) is 9.24. The zero-order valence-corrected chi connectivity index (χ0v) is 24.7. The summed E-state index contributed by atoms with van der Waals surface area (Å²) in [5.41, 5.74) is 6.63. The molecule has 9 heteroatoms. The summed E-state index contributed by atoms with van der Waals surface area (Å²) in [6.07, 6.45) is 1.99. The lowest BCUT2D eigenvalue weighted by Gasteiger charge is -2.18. The maximum absolute atomic E-state index is 11.7. The molecule has 1 aliphatic rings. The van der Waals surface area contributed by atoms with Crippen LogP contribution in [0, 0.1) is 0 Å². The van der Waals surface area contributed by atoms with Gasteiger partial charge in [-0.15, -0.1) is 0 Å². The Morgan fingerprint density at radius 1 is 0.763 bits per heavy atom. The molecule has 2 aromatic rings. The van der Waals surface area contributed by atoms with E-state index in [0.29, 0.717) is 40.5 Å². The molecule has 0 saturated heterocycles. The lowest BCUT2D eigenvalue weighted by molar-refractivity contribution is -0.118. The summed E-state index contributed by atoms with van der Waals surface area (Å²) in [5, 5.41) is 5.47. The van der Waals surface area contributed by atoms with E-state index in [1.807, 2.05) is 24.3 Å². The standard InChI is InChI=1S/C29H40Cl2N4O3/c1-6-34(7-2)12-10-11-14-37-27-18-23-21(16-25(27)30)22-17-26(31)28(38-15-13-35(8-3)9-4)19-24(22)29(23)33-32-20(5)36/h16-19H,6-15H2,1-5H3,(H,32,36). The molecule has 38 heavy (non-hydrogen) atoms. The Labute approximate surface area is 237 Å². The van der Waals surface area contributed by atoms with Gasteiger partial charge in [0.25, 0.3) is 0 Å². The van der Waals surface area contributed by atoms with E-state index in [4.69, 9.17) is 32.7 Å². The van der Waals surface area contributed by atoms with Gasteiger partial charge in [-0.1, -0.05) is 50.9 Å². The number of hydrogen-bond donors (Lipinski definition) is 1. The number of fused-ring (bicyclic) bond motifs is 3. The first-order valence-corrected chi connectivity index (χ1v) is 14.3. The minimum absolute atomic E-state index is 0.254. The van der Waals surface area contributed by atoms with Crippen LogP contribution in [0.3, 0.4) is 0 Å². The summed E-state index contributed by atoms with van der Waals surface area (Å²) < 4.78 is 12.1. The molecule has 0 spiro atoms. The van der Waals surface area contributed by atoms with E-state index in [9.17, 15) is 4.79 Å². The summed E-state index contributed by atoms with van der Waals surface area (Å²) in [7, 11) is 0. The third kappa shape index (κ3) is 7.63. The molecule has 0 heterocycles. The number of nitrogens with one attached hydrogen (secondary N) is 1. The van der Waals surface area contributed by atoms with Gasteiger partial charge in [-0.2, -0.15) is 5.10 Å². The number of hydrogen-bond acceptors (Lipinski definition) is 6. The first kappa shape index (κ1) is 30.2. The van der Waals surface area contributed by atoms with Crippen molar-refractivity contribution >= 4 is 34.8 Å². The molecule has 0 bridgehead atoms. The van der Waals surface area contributed by atoms with Crippen LogP contribution in [0.1, 0.15) is 58.6 Å². The van der Waals surface area contributed by atoms with Crippen molar-refractivity contribution in [3.8, 4) is 22.6 Å². The highest BCUT2D eigenvalue weighted by Gasteiger charge is 2.29. The van der Waals surface area contributed by atoms with Crippen molar-refractivity contribution in [2.24, 2.45) is 5.10 Å². The van der Waals surface area contributed by atoms with E-state index >= 15 is 0 Å². The molecular formula is C29H40Cl2N4O3. The summed E-state index contributed by atoms with van der Waals surface area (Å²) in [6, 6.07) is 7.55. The fraction of sp³-hybridized carbons (Fsp3) is 0.517. The number of carbonyl (C=O) groups excluding carboxylic acids is 1. The molecule has 0 aliphatic heterocycles. The van der Waals surface area contributed by atoms with Crippen molar-refractivity contribution in [3.63, 3.8) is 0 Å². The largest absolute Gasteiger partial charge is 0.492 e. The second-order valence-corrected chi connectivity index (χ2v) is 10.1. The van der Waals surface area contributed by atoms with Crippen LogP contribution < -0.4 is 14.9 Å². The Bertz CT molecular complexity index is 1130. The maximum atomic E-state index is 11.7. The van der Waals surface area contributed by atoms with Gasteiger partial charge in [0, 0.05) is 24.6 Å². The van der Waals surface area contributed by atoms with Crippen LogP contribution in [-0.4, -0.2) is 73.9 Å². The Hall–Kier alpha value is -2.32. The molecule has 3 rings (SSSR count). The van der Waals surface area contributed by atoms with E-state index in [-0.39, 0.29) is 5.91 Å². The minimum atomic E-state index is -0.254. The first-order valence-electron chi connectivity index (χ1n) is 13.6. The SMILES string of the molecule is CCN(CC)CCCCOc1cc2c(cc1Cl)-c1cc(Cl)c(OCCN(CC)CC)cc1C2=NNC(C)=O. The number of carbonyl (C=O) groups is 1. The van der Waals surface area contributed by atoms with Gasteiger partial charge in [-0.05, 0) is 81.0 Å². The van der Waals surface area contributed by atoms with Crippen LogP contribution in [0.15, 0.2) is 29.4 Å². The fourth-order valence-corrected chi connectivity index (χ4v) is 4.99. The number of ether oxygens (including phenoxy) is 2. The fourth-order valence-electron chi connectivity index (χ4n) is 4.55. The third-order valence-corrected chi connectivity index (χ3v) is 7.44. The minimum Gasteiger partial charge on any atom is -0.492 e. The molecule has 1 N–H and O–H groups in total. The van der Waals surface area contributed by atoms with E-state index in [2.05, 4.69) is 48.0 Å². The van der Waals surface area contributed by atoms with Gasteiger partial charge in [-0.3, -0.25) is 4.79 Å². The first-order chi connectivity index (χ1) is 18.3. The maximum Gasteiger partial charge on any atom is 0.236 e. The highest BCUT2D eigenvalue weighted by atomic mass is 35.5. The molecule has 1 amide bonds. The van der Waals surface area contributed by atoms with Crippen LogP contribution in [0.2, 0.25) is 10.0 Å². The smallest absolute Gasteiger partial charge is 0.236 e. The molecule has 0 unspecified atom stereocenters. The molecule has 0 fully saturated rings. The summed E-state index contributed by atoms with van der Waals surface area (Å²) in [5.74, 6) is 0.922. The van der Waals surface area contributed by atoms with Crippen LogP contribution >= 0.6 is 23.2 Å². The van der Waals surface area contributed by atoms with Crippen LogP contribution in [0.25, 0.3) is 11.1 Å². The average Bonchev–Trinajstić information content (AvgIpc) is 3.18. The van der Waals surface area contributed by atoms with Gasteiger partial charge < -0.3 is 19.3 Å². The molecule has 0 atom stereocenters. The van der Waals surface area contributed by atoms with Gasteiger partial charge in [0.1, 0.15) is 18.1 Å². The van der Waals surface area contributed by atoms with Gasteiger partial charge >= 0.3 is 0 Å². The summed E-state index contributed by atoms with van der Waals surface area (Å²) in [4.78, 5) is 16.4. The van der Waals surface area contributed by atoms with E-state index in [0.717, 1.165) is 74.4 Å². The Morgan fingerprint density at radius 3 is 1.76 bits per heavy atom. The molecular weight excluding hydrogens is 523 g/mol. The molecule has 1 aliphatic carbocycles. The highest BCUT2D eigenvalue weighted by molar-refractivity contribution is 6.35. The zero-order chi connectivity index (χ0) is 27.7.